The van der Waals surface area contributed by atoms with Gasteiger partial charge in [0.1, 0.15) is 0 Å². The third-order valence-corrected chi connectivity index (χ3v) is 4.04. The van der Waals surface area contributed by atoms with E-state index in [-0.39, 0.29) is 0 Å². The van der Waals surface area contributed by atoms with Crippen LogP contribution < -0.4 is 0 Å². The second kappa shape index (κ2) is 4.45. The van der Waals surface area contributed by atoms with Gasteiger partial charge in [-0.15, -0.1) is 0 Å². The second-order valence-electron chi connectivity index (χ2n) is 4.17. The number of rotatable bonds is 2. The number of nitrogens with zero attached hydrogens (tertiary/aromatic N) is 1. The molecule has 1 aliphatic rings. The fourth-order valence-electron chi connectivity index (χ4n) is 1.99. The van der Waals surface area contributed by atoms with E-state index >= 15 is 0 Å². The Morgan fingerprint density at radius 3 is 2.57 bits per heavy atom. The van der Waals surface area contributed by atoms with Crippen molar-refractivity contribution in [1.82, 2.24) is 4.90 Å². The van der Waals surface area contributed by atoms with E-state index in [1.54, 1.807) is 0 Å². The highest BCUT2D eigenvalue weighted by atomic mass is 79.9. The molecule has 1 nitrogen and oxygen atoms in total. The summed E-state index contributed by atoms with van der Waals surface area (Å²) < 4.78 is 0. The molecule has 0 saturated carbocycles. The molecule has 0 bridgehead atoms. The van der Waals surface area contributed by atoms with Gasteiger partial charge in [-0.2, -0.15) is 0 Å². The Kier molecular flexibility index (Phi) is 3.24. The highest BCUT2D eigenvalue weighted by Gasteiger charge is 2.26. The number of alkyl halides is 1. The molecular formula is C12H16BrN. The highest BCUT2D eigenvalue weighted by molar-refractivity contribution is 9.09. The maximum atomic E-state index is 3.72. The molecule has 1 aromatic rings. The lowest BCUT2D eigenvalue weighted by molar-refractivity contribution is 0.321. The van der Waals surface area contributed by atoms with Crippen molar-refractivity contribution in [2.45, 2.75) is 18.3 Å². The van der Waals surface area contributed by atoms with Gasteiger partial charge >= 0.3 is 0 Å². The molecule has 2 unspecified atom stereocenters. The van der Waals surface area contributed by atoms with Crippen molar-refractivity contribution in [2.75, 3.05) is 13.1 Å². The van der Waals surface area contributed by atoms with Crippen LogP contribution in [0, 0.1) is 5.92 Å². The minimum absolute atomic E-state index is 0.672. The normalized spacial score (nSPS) is 28.1. The van der Waals surface area contributed by atoms with Gasteiger partial charge in [0.05, 0.1) is 0 Å². The third-order valence-electron chi connectivity index (χ3n) is 2.85. The average molecular weight is 254 g/mol. The first-order valence-electron chi connectivity index (χ1n) is 5.16. The Hall–Kier alpha value is -0.340. The van der Waals surface area contributed by atoms with Crippen LogP contribution in [0.4, 0.5) is 0 Å². The van der Waals surface area contributed by atoms with Crippen LogP contribution in [0.15, 0.2) is 30.3 Å². The van der Waals surface area contributed by atoms with Crippen LogP contribution in [0.3, 0.4) is 0 Å². The van der Waals surface area contributed by atoms with E-state index in [4.69, 9.17) is 0 Å². The standard InChI is InChI=1S/C12H16BrN/c1-10-7-14(9-12(10)13)8-11-5-3-2-4-6-11/h2-6,10,12H,7-9H2,1H3. The number of hydrogen-bond acceptors (Lipinski definition) is 1. The lowest BCUT2D eigenvalue weighted by Gasteiger charge is -2.14. The van der Waals surface area contributed by atoms with E-state index in [1.807, 2.05) is 0 Å². The molecule has 1 saturated heterocycles. The fraction of sp³-hybridized carbons (Fsp3) is 0.500. The zero-order valence-corrected chi connectivity index (χ0v) is 10.1. The van der Waals surface area contributed by atoms with Gasteiger partial charge in [-0.25, -0.2) is 0 Å². The zero-order valence-electron chi connectivity index (χ0n) is 8.49. The third kappa shape index (κ3) is 2.37. The molecule has 1 heterocycles. The molecule has 0 amide bonds. The lowest BCUT2D eigenvalue weighted by atomic mass is 10.2. The summed E-state index contributed by atoms with van der Waals surface area (Å²) in [5, 5.41) is 0. The van der Waals surface area contributed by atoms with E-state index in [1.165, 1.54) is 18.7 Å². The Morgan fingerprint density at radius 1 is 1.29 bits per heavy atom. The van der Waals surface area contributed by atoms with Gasteiger partial charge in [-0.05, 0) is 11.5 Å². The largest absolute Gasteiger partial charge is 0.298 e. The second-order valence-corrected chi connectivity index (χ2v) is 5.35. The van der Waals surface area contributed by atoms with Crippen LogP contribution in [-0.4, -0.2) is 22.8 Å². The number of likely N-dealkylation sites (tertiary alicyclic amines) is 1. The maximum Gasteiger partial charge on any atom is 0.0311 e. The summed E-state index contributed by atoms with van der Waals surface area (Å²) in [6.07, 6.45) is 0. The van der Waals surface area contributed by atoms with E-state index < -0.39 is 0 Å². The Labute approximate surface area is 94.2 Å². The van der Waals surface area contributed by atoms with Gasteiger partial charge in [0.15, 0.2) is 0 Å². The summed E-state index contributed by atoms with van der Waals surface area (Å²) in [4.78, 5) is 3.19. The molecule has 2 atom stereocenters. The summed E-state index contributed by atoms with van der Waals surface area (Å²) >= 11 is 3.72. The van der Waals surface area contributed by atoms with Gasteiger partial charge in [0, 0.05) is 24.5 Å². The highest BCUT2D eigenvalue weighted by Crippen LogP contribution is 2.24. The predicted octanol–water partition coefficient (Wildman–Crippen LogP) is 2.90. The SMILES string of the molecule is CC1CN(Cc2ccccc2)CC1Br. The summed E-state index contributed by atoms with van der Waals surface area (Å²) in [5.41, 5.74) is 1.42. The van der Waals surface area contributed by atoms with Gasteiger partial charge in [-0.1, -0.05) is 53.2 Å². The van der Waals surface area contributed by atoms with Crippen LogP contribution in [0.5, 0.6) is 0 Å². The summed E-state index contributed by atoms with van der Waals surface area (Å²) in [5.74, 6) is 0.777. The number of hydrogen-bond donors (Lipinski definition) is 0. The molecule has 0 aliphatic carbocycles. The maximum absolute atomic E-state index is 3.72. The van der Waals surface area contributed by atoms with Gasteiger partial charge in [0.2, 0.25) is 0 Å². The van der Waals surface area contributed by atoms with Crippen LogP contribution in [0.2, 0.25) is 0 Å². The van der Waals surface area contributed by atoms with Gasteiger partial charge < -0.3 is 0 Å². The molecule has 2 heteroatoms. The topological polar surface area (TPSA) is 3.24 Å². The van der Waals surface area contributed by atoms with Crippen LogP contribution in [0.25, 0.3) is 0 Å². The van der Waals surface area contributed by atoms with Crippen molar-refractivity contribution in [1.29, 1.82) is 0 Å². The predicted molar refractivity (Wildman–Crippen MR) is 63.6 cm³/mol. The monoisotopic (exact) mass is 253 g/mol. The lowest BCUT2D eigenvalue weighted by Crippen LogP contribution is -2.20. The Bertz CT molecular complexity index is 276. The van der Waals surface area contributed by atoms with Crippen molar-refractivity contribution in [2.24, 2.45) is 5.92 Å². The molecule has 0 N–H and O–H groups in total. The van der Waals surface area contributed by atoms with E-state index in [0.29, 0.717) is 4.83 Å². The Balaban J connectivity index is 1.94. The van der Waals surface area contributed by atoms with Crippen LogP contribution in [-0.2, 0) is 6.54 Å². The molecular weight excluding hydrogens is 238 g/mol. The average Bonchev–Trinajstić information content (AvgIpc) is 2.47. The fourth-order valence-corrected chi connectivity index (χ4v) is 2.57. The van der Waals surface area contributed by atoms with E-state index in [0.717, 1.165) is 12.5 Å². The molecule has 1 fully saturated rings. The van der Waals surface area contributed by atoms with Crippen molar-refractivity contribution >= 4 is 15.9 Å². The first kappa shape index (κ1) is 10.2. The molecule has 2 rings (SSSR count). The first-order valence-corrected chi connectivity index (χ1v) is 6.07. The van der Waals surface area contributed by atoms with Crippen molar-refractivity contribution in [3.05, 3.63) is 35.9 Å². The van der Waals surface area contributed by atoms with E-state index in [9.17, 15) is 0 Å². The molecule has 76 valence electrons. The smallest absolute Gasteiger partial charge is 0.0311 e. The first-order chi connectivity index (χ1) is 6.75. The van der Waals surface area contributed by atoms with Crippen molar-refractivity contribution < 1.29 is 0 Å². The molecule has 0 aromatic heterocycles. The van der Waals surface area contributed by atoms with Crippen molar-refractivity contribution in [3.63, 3.8) is 0 Å². The van der Waals surface area contributed by atoms with E-state index in [2.05, 4.69) is 58.1 Å². The molecule has 14 heavy (non-hydrogen) atoms. The van der Waals surface area contributed by atoms with Crippen LogP contribution in [0.1, 0.15) is 12.5 Å². The Morgan fingerprint density at radius 2 is 2.00 bits per heavy atom. The number of benzene rings is 1. The molecule has 0 radical (unpaired) electrons. The minimum Gasteiger partial charge on any atom is -0.298 e. The molecule has 1 aromatic carbocycles. The van der Waals surface area contributed by atoms with Crippen LogP contribution >= 0.6 is 15.9 Å². The summed E-state index contributed by atoms with van der Waals surface area (Å²) in [6, 6.07) is 10.7. The summed E-state index contributed by atoms with van der Waals surface area (Å²) in [6.45, 7) is 5.79. The summed E-state index contributed by atoms with van der Waals surface area (Å²) in [7, 11) is 0. The minimum atomic E-state index is 0.672. The van der Waals surface area contributed by atoms with Crippen molar-refractivity contribution in [3.8, 4) is 0 Å². The number of halogens is 1. The van der Waals surface area contributed by atoms with Gasteiger partial charge in [0.25, 0.3) is 0 Å². The van der Waals surface area contributed by atoms with Gasteiger partial charge in [-0.3, -0.25) is 4.90 Å². The molecule has 1 aliphatic heterocycles. The zero-order chi connectivity index (χ0) is 9.97. The quantitative estimate of drug-likeness (QED) is 0.733. The molecule has 0 spiro atoms.